The molecule has 0 atom stereocenters. The first-order valence-corrected chi connectivity index (χ1v) is 7.11. The van der Waals surface area contributed by atoms with Crippen LogP contribution in [0.4, 0.5) is 11.4 Å². The number of carboxylic acid groups (broad SMARTS) is 1. The molecule has 0 amide bonds. The Hall–Kier alpha value is -1.75. The highest BCUT2D eigenvalue weighted by Gasteiger charge is 2.24. The van der Waals surface area contributed by atoms with Gasteiger partial charge < -0.3 is 20.6 Å². The van der Waals surface area contributed by atoms with E-state index < -0.39 is 5.97 Å². The average Bonchev–Trinajstić information content (AvgIpc) is 2.46. The molecule has 1 heterocycles. The first-order chi connectivity index (χ1) is 9.54. The molecule has 5 heteroatoms. The van der Waals surface area contributed by atoms with Gasteiger partial charge in [-0.25, -0.2) is 4.79 Å². The van der Waals surface area contributed by atoms with Crippen LogP contribution < -0.4 is 10.6 Å². The molecule has 2 rings (SSSR count). The van der Waals surface area contributed by atoms with Crippen LogP contribution in [0.2, 0.25) is 0 Å². The van der Waals surface area contributed by atoms with E-state index in [1.807, 2.05) is 13.1 Å². The highest BCUT2D eigenvalue weighted by Crippen LogP contribution is 2.29. The molecule has 0 saturated carbocycles. The van der Waals surface area contributed by atoms with Gasteiger partial charge in [0.15, 0.2) is 0 Å². The van der Waals surface area contributed by atoms with Crippen LogP contribution >= 0.6 is 0 Å². The molecule has 3 N–H and O–H groups in total. The summed E-state index contributed by atoms with van der Waals surface area (Å²) in [6.07, 6.45) is 2.17. The zero-order valence-electron chi connectivity index (χ0n) is 12.2. The summed E-state index contributed by atoms with van der Waals surface area (Å²) in [5, 5.41) is 9.14. The number of anilines is 2. The Bertz CT molecular complexity index is 482. The van der Waals surface area contributed by atoms with E-state index in [0.29, 0.717) is 11.7 Å². The van der Waals surface area contributed by atoms with Gasteiger partial charge >= 0.3 is 5.97 Å². The molecule has 20 heavy (non-hydrogen) atoms. The first-order valence-electron chi connectivity index (χ1n) is 7.11. The molecule has 0 spiro atoms. The first kappa shape index (κ1) is 14.7. The van der Waals surface area contributed by atoms with Crippen LogP contribution in [0.1, 0.15) is 30.1 Å². The summed E-state index contributed by atoms with van der Waals surface area (Å²) in [5.41, 5.74) is 7.37. The summed E-state index contributed by atoms with van der Waals surface area (Å²) in [4.78, 5) is 15.7. The number of benzene rings is 1. The number of carbonyl (C=O) groups is 1. The van der Waals surface area contributed by atoms with E-state index in [0.717, 1.165) is 38.2 Å². The third kappa shape index (κ3) is 2.88. The van der Waals surface area contributed by atoms with Gasteiger partial charge in [-0.15, -0.1) is 0 Å². The minimum Gasteiger partial charge on any atom is -0.478 e. The van der Waals surface area contributed by atoms with E-state index in [-0.39, 0.29) is 5.56 Å². The minimum absolute atomic E-state index is 0.181. The smallest absolute Gasteiger partial charge is 0.337 e. The van der Waals surface area contributed by atoms with Crippen molar-refractivity contribution in [3.63, 3.8) is 0 Å². The number of hydrogen-bond acceptors (Lipinski definition) is 4. The maximum absolute atomic E-state index is 11.1. The highest BCUT2D eigenvalue weighted by atomic mass is 16.4. The van der Waals surface area contributed by atoms with Crippen molar-refractivity contribution in [3.05, 3.63) is 23.8 Å². The van der Waals surface area contributed by atoms with Crippen LogP contribution in [-0.2, 0) is 0 Å². The fourth-order valence-electron chi connectivity index (χ4n) is 2.87. The molecular formula is C15H23N3O2. The normalized spacial score (nSPS) is 17.1. The number of carboxylic acids is 1. The Balaban J connectivity index is 2.15. The summed E-state index contributed by atoms with van der Waals surface area (Å²) < 4.78 is 0. The molecule has 110 valence electrons. The molecule has 1 fully saturated rings. The van der Waals surface area contributed by atoms with Crippen molar-refractivity contribution in [1.82, 2.24) is 4.90 Å². The molecule has 1 aliphatic rings. The van der Waals surface area contributed by atoms with E-state index in [2.05, 4.69) is 16.7 Å². The second kappa shape index (κ2) is 6.13. The number of likely N-dealkylation sites (tertiary alicyclic amines) is 1. The number of nitrogen functional groups attached to an aromatic ring is 1. The second-order valence-corrected chi connectivity index (χ2v) is 5.32. The highest BCUT2D eigenvalue weighted by molar-refractivity contribution is 5.97. The van der Waals surface area contributed by atoms with E-state index in [1.165, 1.54) is 0 Å². The molecule has 1 saturated heterocycles. The van der Waals surface area contributed by atoms with Gasteiger partial charge in [0.05, 0.1) is 16.9 Å². The molecule has 0 aromatic heterocycles. The fourth-order valence-corrected chi connectivity index (χ4v) is 2.87. The van der Waals surface area contributed by atoms with E-state index in [9.17, 15) is 4.79 Å². The zero-order chi connectivity index (χ0) is 14.7. The number of para-hydroxylation sites is 1. The lowest BCUT2D eigenvalue weighted by atomic mass is 10.0. The van der Waals surface area contributed by atoms with E-state index in [4.69, 9.17) is 10.8 Å². The topological polar surface area (TPSA) is 69.8 Å². The SMILES string of the molecule is CCN1CCC(N(C)c2cccc(C(=O)O)c2N)CC1. The van der Waals surface area contributed by atoms with Crippen molar-refractivity contribution in [2.75, 3.05) is 37.3 Å². The summed E-state index contributed by atoms with van der Waals surface area (Å²) >= 11 is 0. The fraction of sp³-hybridized carbons (Fsp3) is 0.533. The van der Waals surface area contributed by atoms with Crippen molar-refractivity contribution in [3.8, 4) is 0 Å². The maximum atomic E-state index is 11.1. The largest absolute Gasteiger partial charge is 0.478 e. The number of nitrogens with two attached hydrogens (primary N) is 1. The minimum atomic E-state index is -0.974. The third-order valence-corrected chi connectivity index (χ3v) is 4.25. The molecule has 0 bridgehead atoms. The third-order valence-electron chi connectivity index (χ3n) is 4.25. The van der Waals surface area contributed by atoms with Gasteiger partial charge in [0.2, 0.25) is 0 Å². The van der Waals surface area contributed by atoms with Crippen molar-refractivity contribution in [2.45, 2.75) is 25.8 Å². The van der Waals surface area contributed by atoms with Crippen molar-refractivity contribution in [2.24, 2.45) is 0 Å². The molecular weight excluding hydrogens is 254 g/mol. The molecule has 0 radical (unpaired) electrons. The molecule has 1 aromatic rings. The maximum Gasteiger partial charge on any atom is 0.337 e. The molecule has 1 aliphatic heterocycles. The second-order valence-electron chi connectivity index (χ2n) is 5.32. The van der Waals surface area contributed by atoms with Crippen molar-refractivity contribution < 1.29 is 9.90 Å². The predicted molar refractivity (Wildman–Crippen MR) is 81.4 cm³/mol. The summed E-state index contributed by atoms with van der Waals surface area (Å²) in [6.45, 7) is 5.44. The lowest BCUT2D eigenvalue weighted by Crippen LogP contribution is -2.43. The van der Waals surface area contributed by atoms with E-state index >= 15 is 0 Å². The number of nitrogens with zero attached hydrogens (tertiary/aromatic N) is 2. The Morgan fingerprint density at radius 3 is 2.65 bits per heavy atom. The Morgan fingerprint density at radius 1 is 1.45 bits per heavy atom. The molecule has 0 aliphatic carbocycles. The number of rotatable bonds is 4. The summed E-state index contributed by atoms with van der Waals surface area (Å²) in [7, 11) is 2.00. The number of aromatic carboxylic acids is 1. The van der Waals surface area contributed by atoms with E-state index in [1.54, 1.807) is 12.1 Å². The lowest BCUT2D eigenvalue weighted by molar-refractivity contribution is 0.0698. The zero-order valence-corrected chi connectivity index (χ0v) is 12.2. The Morgan fingerprint density at radius 2 is 2.10 bits per heavy atom. The number of piperidine rings is 1. The Kier molecular flexibility index (Phi) is 4.49. The Labute approximate surface area is 120 Å². The van der Waals surface area contributed by atoms with Gasteiger partial charge in [-0.3, -0.25) is 0 Å². The molecule has 5 nitrogen and oxygen atoms in total. The van der Waals surface area contributed by atoms with Gasteiger partial charge in [0.1, 0.15) is 0 Å². The van der Waals surface area contributed by atoms with Gasteiger partial charge in [0, 0.05) is 26.2 Å². The van der Waals surface area contributed by atoms with Crippen LogP contribution in [0.25, 0.3) is 0 Å². The predicted octanol–water partition coefficient (Wildman–Crippen LogP) is 1.89. The van der Waals surface area contributed by atoms with Crippen LogP contribution in [0.3, 0.4) is 0 Å². The standard InChI is InChI=1S/C15H23N3O2/c1-3-18-9-7-11(8-10-18)17(2)13-6-4-5-12(14(13)16)15(19)20/h4-6,11H,3,7-10,16H2,1-2H3,(H,19,20). The average molecular weight is 277 g/mol. The van der Waals surface area contributed by atoms with Crippen LogP contribution in [0.5, 0.6) is 0 Å². The quantitative estimate of drug-likeness (QED) is 0.822. The molecule has 1 aromatic carbocycles. The van der Waals surface area contributed by atoms with Gasteiger partial charge in [-0.1, -0.05) is 13.0 Å². The van der Waals surface area contributed by atoms with Crippen molar-refractivity contribution >= 4 is 17.3 Å². The lowest BCUT2D eigenvalue weighted by Gasteiger charge is -2.38. The van der Waals surface area contributed by atoms with Gasteiger partial charge in [0.25, 0.3) is 0 Å². The molecule has 0 unspecified atom stereocenters. The summed E-state index contributed by atoms with van der Waals surface area (Å²) in [5.74, 6) is -0.974. The van der Waals surface area contributed by atoms with Crippen LogP contribution in [-0.4, -0.2) is 48.7 Å². The van der Waals surface area contributed by atoms with Gasteiger partial charge in [-0.05, 0) is 31.5 Å². The number of hydrogen-bond donors (Lipinski definition) is 2. The van der Waals surface area contributed by atoms with Crippen molar-refractivity contribution in [1.29, 1.82) is 0 Å². The monoisotopic (exact) mass is 277 g/mol. The van der Waals surface area contributed by atoms with Crippen LogP contribution in [0, 0.1) is 0 Å². The summed E-state index contributed by atoms with van der Waals surface area (Å²) in [6, 6.07) is 5.62. The van der Waals surface area contributed by atoms with Gasteiger partial charge in [-0.2, -0.15) is 0 Å². The van der Waals surface area contributed by atoms with Crippen LogP contribution in [0.15, 0.2) is 18.2 Å².